The molecule has 4 rings (SSSR count). The van der Waals surface area contributed by atoms with Gasteiger partial charge in [-0.1, -0.05) is 0 Å². The second-order valence-corrected chi connectivity index (χ2v) is 7.26. The van der Waals surface area contributed by atoms with E-state index in [0.717, 1.165) is 38.1 Å². The summed E-state index contributed by atoms with van der Waals surface area (Å²) in [5.41, 5.74) is -0.964. The van der Waals surface area contributed by atoms with Crippen LogP contribution in [-0.4, -0.2) is 65.3 Å². The summed E-state index contributed by atoms with van der Waals surface area (Å²) in [4.78, 5) is 19.4. The van der Waals surface area contributed by atoms with Gasteiger partial charge in [-0.3, -0.25) is 4.79 Å². The van der Waals surface area contributed by atoms with Crippen LogP contribution in [0.5, 0.6) is 11.5 Å². The summed E-state index contributed by atoms with van der Waals surface area (Å²) < 4.78 is 62.4. The molecular weight excluding hydrogens is 450 g/mol. The monoisotopic (exact) mass is 473 g/mol. The molecule has 2 atom stereocenters. The fourth-order valence-electron chi connectivity index (χ4n) is 3.44. The Morgan fingerprint density at radius 3 is 2.67 bits per heavy atom. The minimum absolute atomic E-state index is 0.0509. The summed E-state index contributed by atoms with van der Waals surface area (Å²) in [6.45, 7) is 3.40. The van der Waals surface area contributed by atoms with Crippen LogP contribution in [-0.2, 0) is 15.7 Å². The highest BCUT2D eigenvalue weighted by atomic mass is 19.4. The number of carbonyl (C=O) groups is 1. The van der Waals surface area contributed by atoms with Gasteiger partial charge in [-0.25, -0.2) is 9.37 Å². The Balaban J connectivity index is 0.000000280. The maximum atomic E-state index is 13.5. The van der Waals surface area contributed by atoms with Gasteiger partial charge in [-0.2, -0.15) is 18.2 Å². The van der Waals surface area contributed by atoms with Crippen LogP contribution in [0.2, 0.25) is 0 Å². The van der Waals surface area contributed by atoms with Crippen LogP contribution in [0.15, 0.2) is 18.3 Å². The van der Waals surface area contributed by atoms with Crippen LogP contribution in [0.4, 0.5) is 35.0 Å². The number of amides is 1. The summed E-state index contributed by atoms with van der Waals surface area (Å²) in [5, 5.41) is 14.4. The number of hydrogen-bond acceptors (Lipinski definition) is 8. The maximum absolute atomic E-state index is 13.5. The van der Waals surface area contributed by atoms with Gasteiger partial charge in [0.25, 0.3) is 0 Å². The third kappa shape index (κ3) is 5.72. The number of likely N-dealkylation sites (tertiary alicyclic amines) is 1. The van der Waals surface area contributed by atoms with Gasteiger partial charge in [0, 0.05) is 31.4 Å². The molecule has 2 bridgehead atoms. The lowest BCUT2D eigenvalue weighted by molar-refractivity contribution is -0.137. The van der Waals surface area contributed by atoms with Gasteiger partial charge in [-0.15, -0.1) is 0 Å². The largest absolute Gasteiger partial charge is 0.505 e. The van der Waals surface area contributed by atoms with E-state index < -0.39 is 29.1 Å². The molecule has 0 spiro atoms. The Morgan fingerprint density at radius 1 is 1.39 bits per heavy atom. The highest BCUT2D eigenvalue weighted by Crippen LogP contribution is 2.36. The minimum atomic E-state index is -4.61. The number of nitrogens with one attached hydrogen (secondary N) is 2. The molecule has 3 N–H and O–H groups in total. The van der Waals surface area contributed by atoms with E-state index >= 15 is 0 Å². The molecular formula is C20H23F4N5O4. The average molecular weight is 473 g/mol. The third-order valence-electron chi connectivity index (χ3n) is 5.03. The average Bonchev–Trinajstić information content (AvgIpc) is 3.39. The first-order valence-electron chi connectivity index (χ1n) is 10.0. The normalized spacial score (nSPS) is 19.0. The fraction of sp³-hybridized carbons (Fsp3) is 0.450. The molecule has 0 unspecified atom stereocenters. The SMILES string of the molecule is CCNc1nc(Nc2cc(F)c(O)cc2OC)ncc1C(F)(F)F.O=CN1C[C@@H]2C[C@H]1CO2. The number of ether oxygens (including phenoxy) is 2. The highest BCUT2D eigenvalue weighted by Gasteiger charge is 2.38. The number of phenols is 1. The predicted molar refractivity (Wildman–Crippen MR) is 110 cm³/mol. The third-order valence-corrected chi connectivity index (χ3v) is 5.03. The van der Waals surface area contributed by atoms with Gasteiger partial charge in [0.05, 0.1) is 31.5 Å². The number of alkyl halides is 3. The number of aromatic nitrogens is 2. The van der Waals surface area contributed by atoms with Crippen molar-refractivity contribution in [3.8, 4) is 11.5 Å². The van der Waals surface area contributed by atoms with E-state index in [1.165, 1.54) is 7.11 Å². The zero-order valence-electron chi connectivity index (χ0n) is 17.8. The molecule has 180 valence electrons. The van der Waals surface area contributed by atoms with Gasteiger partial charge >= 0.3 is 6.18 Å². The van der Waals surface area contributed by atoms with Crippen LogP contribution in [0, 0.1) is 5.82 Å². The van der Waals surface area contributed by atoms with Crippen molar-refractivity contribution in [3.05, 3.63) is 29.7 Å². The lowest BCUT2D eigenvalue weighted by Gasteiger charge is -2.21. The minimum Gasteiger partial charge on any atom is -0.505 e. The first kappa shape index (κ1) is 24.3. The van der Waals surface area contributed by atoms with E-state index in [9.17, 15) is 27.5 Å². The summed E-state index contributed by atoms with van der Waals surface area (Å²) in [6, 6.07) is 2.34. The lowest BCUT2D eigenvalue weighted by atomic mass is 10.2. The van der Waals surface area contributed by atoms with Gasteiger partial charge in [0.2, 0.25) is 12.4 Å². The van der Waals surface area contributed by atoms with Crippen molar-refractivity contribution < 1.29 is 36.9 Å². The molecule has 9 nitrogen and oxygen atoms in total. The van der Waals surface area contributed by atoms with E-state index in [4.69, 9.17) is 9.47 Å². The summed E-state index contributed by atoms with van der Waals surface area (Å²) in [5.74, 6) is -2.08. The van der Waals surface area contributed by atoms with Crippen molar-refractivity contribution in [2.24, 2.45) is 0 Å². The van der Waals surface area contributed by atoms with Crippen molar-refractivity contribution in [1.82, 2.24) is 14.9 Å². The molecule has 0 saturated carbocycles. The van der Waals surface area contributed by atoms with Gasteiger partial charge < -0.3 is 30.1 Å². The van der Waals surface area contributed by atoms with Gasteiger partial charge in [0.1, 0.15) is 17.1 Å². The Labute approximate surface area is 186 Å². The van der Waals surface area contributed by atoms with Crippen LogP contribution >= 0.6 is 0 Å². The lowest BCUT2D eigenvalue weighted by Crippen LogP contribution is -2.35. The van der Waals surface area contributed by atoms with Crippen LogP contribution < -0.4 is 15.4 Å². The zero-order chi connectivity index (χ0) is 24.2. The Kier molecular flexibility index (Phi) is 7.41. The number of benzene rings is 1. The number of phenolic OH excluding ortho intramolecular Hbond substituents is 1. The standard InChI is InChI=1S/C14H14F4N4O2.C6H9NO2/c1-3-19-12-7(14(16,17)18)6-20-13(22-12)21-9-4-8(15)10(23)5-11(9)24-2;8-4-7-2-6-1-5(7)3-9-6/h4-6,23H,3H2,1-2H3,(H2,19,20,21,22);4-6H,1-3H2/t;5-,6-/m.0/s1. The molecule has 2 saturated heterocycles. The molecule has 2 fully saturated rings. The van der Waals surface area contributed by atoms with E-state index in [2.05, 4.69) is 20.6 Å². The van der Waals surface area contributed by atoms with Crippen molar-refractivity contribution in [2.45, 2.75) is 31.7 Å². The quantitative estimate of drug-likeness (QED) is 0.334. The van der Waals surface area contributed by atoms with Crippen LogP contribution in [0.1, 0.15) is 18.9 Å². The van der Waals surface area contributed by atoms with Crippen molar-refractivity contribution in [1.29, 1.82) is 0 Å². The first-order valence-corrected chi connectivity index (χ1v) is 10.0. The van der Waals surface area contributed by atoms with Crippen molar-refractivity contribution in [2.75, 3.05) is 37.4 Å². The van der Waals surface area contributed by atoms with E-state index in [0.29, 0.717) is 18.3 Å². The molecule has 0 aliphatic carbocycles. The summed E-state index contributed by atoms with van der Waals surface area (Å²) >= 11 is 0. The summed E-state index contributed by atoms with van der Waals surface area (Å²) in [7, 11) is 1.29. The predicted octanol–water partition coefficient (Wildman–Crippen LogP) is 3.14. The maximum Gasteiger partial charge on any atom is 0.421 e. The van der Waals surface area contributed by atoms with Crippen LogP contribution in [0.3, 0.4) is 0 Å². The van der Waals surface area contributed by atoms with E-state index in [1.54, 1.807) is 6.92 Å². The molecule has 2 aromatic rings. The Morgan fingerprint density at radius 2 is 2.15 bits per heavy atom. The van der Waals surface area contributed by atoms with Crippen molar-refractivity contribution >= 4 is 23.9 Å². The van der Waals surface area contributed by atoms with E-state index in [1.807, 2.05) is 4.90 Å². The number of methoxy groups -OCH3 is 1. The molecule has 1 aromatic carbocycles. The number of halogens is 4. The smallest absolute Gasteiger partial charge is 0.421 e. The number of fused-ring (bicyclic) bond motifs is 2. The van der Waals surface area contributed by atoms with Gasteiger partial charge in [-0.05, 0) is 13.3 Å². The Hall–Kier alpha value is -3.35. The van der Waals surface area contributed by atoms with Crippen molar-refractivity contribution in [3.63, 3.8) is 0 Å². The first-order chi connectivity index (χ1) is 15.7. The topological polar surface area (TPSA) is 109 Å². The number of nitrogens with zero attached hydrogens (tertiary/aromatic N) is 3. The summed E-state index contributed by atoms with van der Waals surface area (Å²) in [6.07, 6.45) is -1.67. The number of morpholine rings is 1. The van der Waals surface area contributed by atoms with Crippen LogP contribution in [0.25, 0.3) is 0 Å². The molecule has 2 aliphatic rings. The number of carbonyl (C=O) groups excluding carboxylic acids is 1. The zero-order valence-corrected chi connectivity index (χ0v) is 17.8. The fourth-order valence-corrected chi connectivity index (χ4v) is 3.44. The number of rotatable bonds is 6. The number of aromatic hydroxyl groups is 1. The molecule has 0 radical (unpaired) electrons. The Bertz CT molecular complexity index is 992. The molecule has 13 heteroatoms. The van der Waals surface area contributed by atoms with Gasteiger partial charge in [0.15, 0.2) is 11.6 Å². The molecule has 1 aromatic heterocycles. The highest BCUT2D eigenvalue weighted by molar-refractivity contribution is 5.65. The molecule has 1 amide bonds. The molecule has 33 heavy (non-hydrogen) atoms. The van der Waals surface area contributed by atoms with E-state index in [-0.39, 0.29) is 23.9 Å². The number of anilines is 3. The number of hydrogen-bond donors (Lipinski definition) is 3. The second kappa shape index (κ2) is 10.1. The molecule has 3 heterocycles. The second-order valence-electron chi connectivity index (χ2n) is 7.26. The molecule has 2 aliphatic heterocycles.